The second-order valence-electron chi connectivity index (χ2n) is 14.4. The third-order valence-electron chi connectivity index (χ3n) is 11.1. The lowest BCUT2D eigenvalue weighted by molar-refractivity contribution is 1.29. The summed E-state index contributed by atoms with van der Waals surface area (Å²) in [4.78, 5) is 2.47. The van der Waals surface area contributed by atoms with Crippen molar-refractivity contribution in [1.29, 1.82) is 0 Å². The molecule has 0 bridgehead atoms. The predicted molar refractivity (Wildman–Crippen MR) is 249 cm³/mol. The first-order chi connectivity index (χ1) is 28.3. The number of anilines is 3. The molecular formula is C54H35NS2. The summed E-state index contributed by atoms with van der Waals surface area (Å²) < 4.78 is 5.24. The molecular weight excluding hydrogens is 727 g/mol. The number of hydrogen-bond acceptors (Lipinski definition) is 3. The smallest absolute Gasteiger partial charge is 0.0546 e. The van der Waals surface area contributed by atoms with E-state index in [1.54, 1.807) is 0 Å². The highest BCUT2D eigenvalue weighted by Gasteiger charge is 2.23. The molecule has 0 amide bonds. The molecule has 0 aliphatic heterocycles. The van der Waals surface area contributed by atoms with E-state index < -0.39 is 0 Å². The summed E-state index contributed by atoms with van der Waals surface area (Å²) in [7, 11) is 0. The Hall–Kier alpha value is -6.78. The molecule has 0 N–H and O–H groups in total. The maximum atomic E-state index is 2.47. The average molecular weight is 762 g/mol. The van der Waals surface area contributed by atoms with E-state index in [4.69, 9.17) is 0 Å². The fraction of sp³-hybridized carbons (Fsp3) is 0. The van der Waals surface area contributed by atoms with Crippen LogP contribution in [0.4, 0.5) is 17.1 Å². The predicted octanol–water partition coefficient (Wildman–Crippen LogP) is 16.6. The minimum atomic E-state index is 1.10. The molecule has 0 fully saturated rings. The summed E-state index contributed by atoms with van der Waals surface area (Å²) in [6.45, 7) is 0. The molecule has 0 unspecified atom stereocenters. The van der Waals surface area contributed by atoms with Crippen molar-refractivity contribution in [3.63, 3.8) is 0 Å². The first kappa shape index (κ1) is 33.5. The molecule has 2 aromatic heterocycles. The van der Waals surface area contributed by atoms with Crippen molar-refractivity contribution < 1.29 is 0 Å². The SMILES string of the molecule is c1ccc(-c2ccccc2-c2c(-c3ccccc3)cccc2N(c2ccc(-c3cccc4c3sc3ccccc34)cc2)c2ccc3sc4ccccc4c3c2)cc1. The normalized spacial score (nSPS) is 11.5. The van der Waals surface area contributed by atoms with E-state index in [0.29, 0.717) is 0 Å². The van der Waals surface area contributed by atoms with Crippen molar-refractivity contribution in [3.05, 3.63) is 212 Å². The van der Waals surface area contributed by atoms with Crippen molar-refractivity contribution >= 4 is 80.1 Å². The van der Waals surface area contributed by atoms with Gasteiger partial charge in [-0.05, 0) is 87.5 Å². The van der Waals surface area contributed by atoms with Gasteiger partial charge in [-0.15, -0.1) is 22.7 Å². The van der Waals surface area contributed by atoms with Crippen molar-refractivity contribution in [2.75, 3.05) is 4.90 Å². The van der Waals surface area contributed by atoms with Crippen LogP contribution in [0.1, 0.15) is 0 Å². The molecule has 0 saturated carbocycles. The number of rotatable bonds is 7. The van der Waals surface area contributed by atoms with Crippen LogP contribution in [-0.2, 0) is 0 Å². The highest BCUT2D eigenvalue weighted by atomic mass is 32.1. The summed E-state index contributed by atoms with van der Waals surface area (Å²) in [6.07, 6.45) is 0. The maximum absolute atomic E-state index is 2.47. The van der Waals surface area contributed by atoms with Crippen LogP contribution in [0.15, 0.2) is 212 Å². The number of nitrogens with zero attached hydrogens (tertiary/aromatic N) is 1. The Bertz CT molecular complexity index is 3230. The molecule has 0 aliphatic rings. The van der Waals surface area contributed by atoms with Gasteiger partial charge in [0.1, 0.15) is 0 Å². The molecule has 0 spiro atoms. The fourth-order valence-electron chi connectivity index (χ4n) is 8.48. The molecule has 0 atom stereocenters. The zero-order chi connectivity index (χ0) is 37.7. The Balaban J connectivity index is 1.16. The molecule has 0 radical (unpaired) electrons. The molecule has 57 heavy (non-hydrogen) atoms. The first-order valence-corrected chi connectivity index (χ1v) is 21.0. The van der Waals surface area contributed by atoms with Crippen molar-refractivity contribution in [2.24, 2.45) is 0 Å². The molecule has 0 aliphatic carbocycles. The van der Waals surface area contributed by atoms with Crippen LogP contribution < -0.4 is 4.90 Å². The second-order valence-corrected chi connectivity index (χ2v) is 16.6. The van der Waals surface area contributed by atoms with Gasteiger partial charge in [-0.1, -0.05) is 164 Å². The molecule has 9 aromatic carbocycles. The van der Waals surface area contributed by atoms with Gasteiger partial charge in [0, 0.05) is 57.3 Å². The van der Waals surface area contributed by atoms with E-state index in [1.165, 1.54) is 84.9 Å². The van der Waals surface area contributed by atoms with Gasteiger partial charge in [-0.25, -0.2) is 0 Å². The second kappa shape index (κ2) is 14.1. The van der Waals surface area contributed by atoms with Crippen molar-refractivity contribution in [3.8, 4) is 44.5 Å². The molecule has 1 nitrogen and oxygen atoms in total. The lowest BCUT2D eigenvalue weighted by Gasteiger charge is -2.30. The molecule has 11 aromatic rings. The highest BCUT2D eigenvalue weighted by molar-refractivity contribution is 7.26. The van der Waals surface area contributed by atoms with Crippen LogP contribution in [-0.4, -0.2) is 0 Å². The Labute approximate surface area is 340 Å². The standard InChI is InChI=1S/C54H35NS2/c1-3-15-36(16-4-1)41-19-7-8-22-46(41)53-42(37-17-5-2-6-18-37)23-14-26-49(53)55(40-33-34-52-48(35-40)45-21-10-11-27-50(45)56-52)39-31-29-38(30-32-39)43-24-13-25-47-44-20-9-12-28-51(44)57-54(43)47/h1-35H. The lowest BCUT2D eigenvalue weighted by Crippen LogP contribution is -2.12. The minimum Gasteiger partial charge on any atom is -0.310 e. The van der Waals surface area contributed by atoms with Crippen LogP contribution in [0.25, 0.3) is 84.9 Å². The zero-order valence-corrected chi connectivity index (χ0v) is 32.6. The van der Waals surface area contributed by atoms with E-state index in [-0.39, 0.29) is 0 Å². The Morgan fingerprint density at radius 1 is 0.298 bits per heavy atom. The quantitative estimate of drug-likeness (QED) is 0.156. The van der Waals surface area contributed by atoms with E-state index in [0.717, 1.165) is 17.1 Å². The van der Waals surface area contributed by atoms with Gasteiger partial charge in [0.05, 0.1) is 5.69 Å². The largest absolute Gasteiger partial charge is 0.310 e. The highest BCUT2D eigenvalue weighted by Crippen LogP contribution is 2.49. The molecule has 268 valence electrons. The number of fused-ring (bicyclic) bond motifs is 6. The van der Waals surface area contributed by atoms with Gasteiger partial charge >= 0.3 is 0 Å². The summed E-state index contributed by atoms with van der Waals surface area (Å²) in [6, 6.07) is 77.7. The summed E-state index contributed by atoms with van der Waals surface area (Å²) >= 11 is 3.74. The topological polar surface area (TPSA) is 3.24 Å². The van der Waals surface area contributed by atoms with Crippen LogP contribution in [0.3, 0.4) is 0 Å². The zero-order valence-electron chi connectivity index (χ0n) is 31.0. The molecule has 3 heteroatoms. The summed E-state index contributed by atoms with van der Waals surface area (Å²) in [5.74, 6) is 0. The van der Waals surface area contributed by atoms with Crippen LogP contribution in [0, 0.1) is 0 Å². The van der Waals surface area contributed by atoms with Crippen molar-refractivity contribution in [2.45, 2.75) is 0 Å². The van der Waals surface area contributed by atoms with E-state index in [9.17, 15) is 0 Å². The first-order valence-electron chi connectivity index (χ1n) is 19.3. The third kappa shape index (κ3) is 5.83. The molecule has 0 saturated heterocycles. The summed E-state index contributed by atoms with van der Waals surface area (Å²) in [5, 5.41) is 5.20. The fourth-order valence-corrected chi connectivity index (χ4v) is 10.8. The van der Waals surface area contributed by atoms with Gasteiger partial charge in [0.2, 0.25) is 0 Å². The summed E-state index contributed by atoms with van der Waals surface area (Å²) in [5.41, 5.74) is 13.0. The Morgan fingerprint density at radius 2 is 0.807 bits per heavy atom. The van der Waals surface area contributed by atoms with Crippen molar-refractivity contribution in [1.82, 2.24) is 0 Å². The lowest BCUT2D eigenvalue weighted by atomic mass is 9.87. The van der Waals surface area contributed by atoms with E-state index in [2.05, 4.69) is 217 Å². The van der Waals surface area contributed by atoms with Crippen LogP contribution in [0.5, 0.6) is 0 Å². The third-order valence-corrected chi connectivity index (χ3v) is 13.5. The number of benzene rings is 9. The van der Waals surface area contributed by atoms with Gasteiger partial charge in [0.25, 0.3) is 0 Å². The van der Waals surface area contributed by atoms with Gasteiger partial charge < -0.3 is 4.90 Å². The minimum absolute atomic E-state index is 1.10. The monoisotopic (exact) mass is 761 g/mol. The van der Waals surface area contributed by atoms with Crippen LogP contribution >= 0.6 is 22.7 Å². The number of hydrogen-bond donors (Lipinski definition) is 0. The molecule has 11 rings (SSSR count). The van der Waals surface area contributed by atoms with Gasteiger partial charge in [-0.2, -0.15) is 0 Å². The van der Waals surface area contributed by atoms with Gasteiger partial charge in [0.15, 0.2) is 0 Å². The Kier molecular flexibility index (Phi) is 8.28. The van der Waals surface area contributed by atoms with Gasteiger partial charge in [-0.3, -0.25) is 0 Å². The van der Waals surface area contributed by atoms with E-state index in [1.807, 2.05) is 22.7 Å². The molecule has 2 heterocycles. The Morgan fingerprint density at radius 3 is 1.56 bits per heavy atom. The number of thiophene rings is 2. The van der Waals surface area contributed by atoms with E-state index >= 15 is 0 Å². The van der Waals surface area contributed by atoms with Crippen LogP contribution in [0.2, 0.25) is 0 Å². The maximum Gasteiger partial charge on any atom is 0.0546 e. The average Bonchev–Trinajstić information content (AvgIpc) is 3.86.